The Bertz CT molecular complexity index is 1020. The number of hydrogen-bond donors (Lipinski definition) is 1. The van der Waals surface area contributed by atoms with Crippen molar-refractivity contribution in [2.75, 3.05) is 11.9 Å². The number of carbonyl (C=O) groups is 1. The molecule has 7 heteroatoms. The molecule has 1 aromatic heterocycles. The summed E-state index contributed by atoms with van der Waals surface area (Å²) in [5.41, 5.74) is 2.39. The number of ether oxygens (including phenoxy) is 1. The maximum Gasteiger partial charge on any atom is 0.259 e. The normalized spacial score (nSPS) is 11.4. The van der Waals surface area contributed by atoms with E-state index in [0.29, 0.717) is 29.2 Å². The predicted molar refractivity (Wildman–Crippen MR) is 115 cm³/mol. The number of aryl methyl sites for hydroxylation is 1. The van der Waals surface area contributed by atoms with Gasteiger partial charge in [0, 0.05) is 11.9 Å². The lowest BCUT2D eigenvalue weighted by atomic mass is 9.99. The zero-order valence-electron chi connectivity index (χ0n) is 16.8. The molecule has 0 aliphatic carbocycles. The number of benzene rings is 2. The molecule has 3 aromatic rings. The minimum Gasteiger partial charge on any atom is -0.492 e. The summed E-state index contributed by atoms with van der Waals surface area (Å²) in [6.45, 7) is 8.64. The van der Waals surface area contributed by atoms with Gasteiger partial charge in [-0.3, -0.25) is 4.79 Å². The fourth-order valence-electron chi connectivity index (χ4n) is 2.60. The number of nitrogens with zero attached hydrogens (tertiary/aromatic N) is 2. The van der Waals surface area contributed by atoms with Gasteiger partial charge < -0.3 is 10.1 Å². The Morgan fingerprint density at radius 2 is 1.90 bits per heavy atom. The van der Waals surface area contributed by atoms with Crippen molar-refractivity contribution >= 4 is 27.5 Å². The molecular weight excluding hydrogens is 437 g/mol. The quantitative estimate of drug-likeness (QED) is 0.527. The molecule has 0 radical (unpaired) electrons. The molecule has 3 rings (SSSR count). The number of hydrogen-bond acceptors (Lipinski definition) is 3. The summed E-state index contributed by atoms with van der Waals surface area (Å²) in [5.74, 6) is 0.125. The molecule has 0 unspecified atom stereocenters. The average Bonchev–Trinajstić information content (AvgIpc) is 3.02. The second-order valence-electron chi connectivity index (χ2n) is 8.00. The van der Waals surface area contributed by atoms with E-state index in [4.69, 9.17) is 4.74 Å². The van der Waals surface area contributed by atoms with Crippen LogP contribution in [-0.4, -0.2) is 22.3 Å². The largest absolute Gasteiger partial charge is 0.492 e. The summed E-state index contributed by atoms with van der Waals surface area (Å²) in [6, 6.07) is 11.3. The summed E-state index contributed by atoms with van der Waals surface area (Å²) in [7, 11) is 0. The first-order valence-electron chi connectivity index (χ1n) is 9.18. The van der Waals surface area contributed by atoms with Gasteiger partial charge in [-0.05, 0) is 70.7 Å². The van der Waals surface area contributed by atoms with Crippen LogP contribution in [0.25, 0.3) is 5.69 Å². The Morgan fingerprint density at radius 1 is 1.21 bits per heavy atom. The van der Waals surface area contributed by atoms with Gasteiger partial charge in [0.2, 0.25) is 0 Å². The van der Waals surface area contributed by atoms with E-state index in [9.17, 15) is 9.18 Å². The van der Waals surface area contributed by atoms with E-state index in [1.165, 1.54) is 12.1 Å². The van der Waals surface area contributed by atoms with Gasteiger partial charge in [0.25, 0.3) is 5.91 Å². The highest BCUT2D eigenvalue weighted by Crippen LogP contribution is 2.30. The van der Waals surface area contributed by atoms with E-state index in [1.54, 1.807) is 42.1 Å². The maximum atomic E-state index is 13.1. The Hall–Kier alpha value is -2.67. The van der Waals surface area contributed by atoms with E-state index in [-0.39, 0.29) is 17.1 Å². The van der Waals surface area contributed by atoms with Crippen molar-refractivity contribution in [3.05, 3.63) is 70.2 Å². The molecule has 0 bridgehead atoms. The smallest absolute Gasteiger partial charge is 0.259 e. The molecular formula is C22H23BrFN3O2. The van der Waals surface area contributed by atoms with Crippen molar-refractivity contribution in [2.24, 2.45) is 5.41 Å². The molecule has 0 fully saturated rings. The molecule has 1 amide bonds. The summed E-state index contributed by atoms with van der Waals surface area (Å²) in [6.07, 6.45) is 1.63. The third kappa shape index (κ3) is 5.44. The number of carbonyl (C=O) groups excluding carboxylic acids is 1. The highest BCUT2D eigenvalue weighted by molar-refractivity contribution is 9.10. The second-order valence-corrected chi connectivity index (χ2v) is 8.85. The van der Waals surface area contributed by atoms with Gasteiger partial charge in [0.15, 0.2) is 0 Å². The molecule has 2 aromatic carbocycles. The summed E-state index contributed by atoms with van der Waals surface area (Å²) < 4.78 is 21.3. The molecule has 0 saturated heterocycles. The van der Waals surface area contributed by atoms with Crippen LogP contribution in [0.15, 0.2) is 53.1 Å². The number of halogens is 2. The van der Waals surface area contributed by atoms with Gasteiger partial charge in [-0.25, -0.2) is 9.07 Å². The molecule has 0 aliphatic rings. The van der Waals surface area contributed by atoms with Gasteiger partial charge in [-0.15, -0.1) is 0 Å². The molecule has 0 aliphatic heterocycles. The van der Waals surface area contributed by atoms with Crippen LogP contribution >= 0.6 is 15.9 Å². The van der Waals surface area contributed by atoms with Crippen LogP contribution in [0.5, 0.6) is 5.75 Å². The molecule has 1 N–H and O–H groups in total. The molecule has 0 atom stereocenters. The van der Waals surface area contributed by atoms with Gasteiger partial charge in [-0.1, -0.05) is 20.8 Å². The highest BCUT2D eigenvalue weighted by Gasteiger charge is 2.16. The van der Waals surface area contributed by atoms with Crippen molar-refractivity contribution in [1.29, 1.82) is 0 Å². The fourth-order valence-corrected chi connectivity index (χ4v) is 3.09. The van der Waals surface area contributed by atoms with Gasteiger partial charge in [0.05, 0.1) is 28.0 Å². The third-order valence-corrected chi connectivity index (χ3v) is 4.70. The molecule has 152 valence electrons. The van der Waals surface area contributed by atoms with Crippen LogP contribution in [0.1, 0.15) is 36.8 Å². The van der Waals surface area contributed by atoms with Crippen LogP contribution in [0.4, 0.5) is 10.1 Å². The number of rotatable bonds is 5. The monoisotopic (exact) mass is 459 g/mol. The van der Waals surface area contributed by atoms with Crippen molar-refractivity contribution in [3.8, 4) is 11.4 Å². The lowest BCUT2D eigenvalue weighted by Crippen LogP contribution is -2.17. The molecule has 1 heterocycles. The molecule has 0 spiro atoms. The van der Waals surface area contributed by atoms with Crippen molar-refractivity contribution in [1.82, 2.24) is 9.78 Å². The third-order valence-electron chi connectivity index (χ3n) is 4.09. The highest BCUT2D eigenvalue weighted by atomic mass is 79.9. The van der Waals surface area contributed by atoms with Crippen molar-refractivity contribution < 1.29 is 13.9 Å². The van der Waals surface area contributed by atoms with Gasteiger partial charge in [-0.2, -0.15) is 5.10 Å². The lowest BCUT2D eigenvalue weighted by Gasteiger charge is -2.19. The van der Waals surface area contributed by atoms with Crippen LogP contribution in [0.2, 0.25) is 0 Å². The van der Waals surface area contributed by atoms with Gasteiger partial charge >= 0.3 is 0 Å². The average molecular weight is 460 g/mol. The van der Waals surface area contributed by atoms with Crippen LogP contribution in [0, 0.1) is 18.2 Å². The van der Waals surface area contributed by atoms with Crippen LogP contribution in [-0.2, 0) is 0 Å². The zero-order valence-corrected chi connectivity index (χ0v) is 18.4. The number of amides is 1. The Labute approximate surface area is 178 Å². The first-order chi connectivity index (χ1) is 13.6. The van der Waals surface area contributed by atoms with E-state index < -0.39 is 0 Å². The minimum absolute atomic E-state index is 0.0501. The number of nitrogens with one attached hydrogen (secondary N) is 1. The molecule has 29 heavy (non-hydrogen) atoms. The Morgan fingerprint density at radius 3 is 2.52 bits per heavy atom. The first kappa shape index (κ1) is 21.0. The standard InChI is InChI=1S/C22H23BrFN3O2/c1-14-18(12-27(26-14)17-8-5-15(24)6-9-17)21(28)25-16-7-10-20(19(23)11-16)29-13-22(2,3)4/h5-12H,13H2,1-4H3,(H,25,28). The first-order valence-corrected chi connectivity index (χ1v) is 9.97. The topological polar surface area (TPSA) is 56.2 Å². The fraction of sp³-hybridized carbons (Fsp3) is 0.273. The summed E-state index contributed by atoms with van der Waals surface area (Å²) in [4.78, 5) is 12.7. The molecule has 5 nitrogen and oxygen atoms in total. The maximum absolute atomic E-state index is 13.1. The summed E-state index contributed by atoms with van der Waals surface area (Å²) >= 11 is 3.49. The summed E-state index contributed by atoms with van der Waals surface area (Å²) in [5, 5.41) is 7.23. The zero-order chi connectivity index (χ0) is 21.2. The van der Waals surface area contributed by atoms with E-state index in [0.717, 1.165) is 10.2 Å². The number of anilines is 1. The SMILES string of the molecule is Cc1nn(-c2ccc(F)cc2)cc1C(=O)Nc1ccc(OCC(C)(C)C)c(Br)c1. The van der Waals surface area contributed by atoms with Crippen molar-refractivity contribution in [3.63, 3.8) is 0 Å². The van der Waals surface area contributed by atoms with E-state index in [2.05, 4.69) is 47.1 Å². The molecule has 0 saturated carbocycles. The van der Waals surface area contributed by atoms with E-state index >= 15 is 0 Å². The Balaban J connectivity index is 1.73. The van der Waals surface area contributed by atoms with Gasteiger partial charge in [0.1, 0.15) is 11.6 Å². The predicted octanol–water partition coefficient (Wildman–Crippen LogP) is 5.76. The van der Waals surface area contributed by atoms with Crippen LogP contribution in [0.3, 0.4) is 0 Å². The minimum atomic E-state index is -0.323. The van der Waals surface area contributed by atoms with Crippen LogP contribution < -0.4 is 10.1 Å². The van der Waals surface area contributed by atoms with Crippen molar-refractivity contribution in [2.45, 2.75) is 27.7 Å². The second kappa shape index (κ2) is 8.37. The Kier molecular flexibility index (Phi) is 6.07. The lowest BCUT2D eigenvalue weighted by molar-refractivity contribution is 0.102. The van der Waals surface area contributed by atoms with E-state index in [1.807, 2.05) is 6.07 Å². The number of aromatic nitrogens is 2.